The van der Waals surface area contributed by atoms with Crippen LogP contribution in [-0.4, -0.2) is 94.4 Å². The average Bonchev–Trinajstić information content (AvgIpc) is 3.42. The lowest BCUT2D eigenvalue weighted by molar-refractivity contribution is 0.0959. The van der Waals surface area contributed by atoms with Crippen molar-refractivity contribution in [2.24, 2.45) is 5.92 Å². The second-order valence-corrected chi connectivity index (χ2v) is 13.0. The van der Waals surface area contributed by atoms with Gasteiger partial charge in [-0.1, -0.05) is 6.07 Å². The van der Waals surface area contributed by atoms with Crippen molar-refractivity contribution in [1.29, 1.82) is 0 Å². The van der Waals surface area contributed by atoms with Gasteiger partial charge in [0.25, 0.3) is 0 Å². The fraction of sp³-hybridized carbons (Fsp3) is 0.452. The summed E-state index contributed by atoms with van der Waals surface area (Å²) in [5.74, 6) is -1.19. The van der Waals surface area contributed by atoms with E-state index in [0.717, 1.165) is 19.4 Å². The molecule has 0 bridgehead atoms. The molecule has 2 aromatic heterocycles. The molecule has 7 rings (SSSR count). The molecule has 13 heteroatoms. The van der Waals surface area contributed by atoms with Crippen molar-refractivity contribution in [1.82, 2.24) is 19.9 Å². The molecule has 0 saturated carbocycles. The van der Waals surface area contributed by atoms with Crippen LogP contribution < -0.4 is 9.64 Å². The van der Waals surface area contributed by atoms with E-state index in [1.54, 1.807) is 0 Å². The van der Waals surface area contributed by atoms with Crippen molar-refractivity contribution in [3.63, 3.8) is 0 Å². The predicted molar refractivity (Wildman–Crippen MR) is 167 cm³/mol. The Morgan fingerprint density at radius 1 is 1.16 bits per heavy atom. The van der Waals surface area contributed by atoms with Crippen molar-refractivity contribution in [3.05, 3.63) is 45.7 Å². The van der Waals surface area contributed by atoms with Gasteiger partial charge in [-0.3, -0.25) is 9.88 Å². The van der Waals surface area contributed by atoms with E-state index in [2.05, 4.69) is 14.9 Å². The number of hydrogen-bond acceptors (Lipinski definition) is 9. The molecule has 3 aliphatic rings. The average molecular weight is 722 g/mol. The molecule has 9 nitrogen and oxygen atoms in total. The van der Waals surface area contributed by atoms with E-state index >= 15 is 4.39 Å². The van der Waals surface area contributed by atoms with E-state index in [1.807, 2.05) is 27.5 Å². The maximum atomic E-state index is 16.7. The largest absolute Gasteiger partial charge is 0.508 e. The van der Waals surface area contributed by atoms with Crippen LogP contribution in [0.15, 0.2) is 30.5 Å². The number of benzene rings is 2. The van der Waals surface area contributed by atoms with Crippen LogP contribution in [0, 0.1) is 21.1 Å². The molecule has 3 saturated heterocycles. The van der Waals surface area contributed by atoms with E-state index < -0.39 is 23.3 Å². The highest BCUT2D eigenvalue weighted by Crippen LogP contribution is 2.42. The standard InChI is InChI=1S/C31H31F3IN5O4/c32-19-10-31(4-1-5-40(31)13-19)16-44-30-37-28-22(29(38-30)39-6-7-43-15-17(12-39)14-41)11-36-27(25(28)34)21-9-20(42)8-18-2-3-23(33)26(35)24(18)21/h2-3,8-9,11,17,19,41-42H,1,4-7,10,12-16H2/t17?,19-,31+/m1/s1. The Balaban J connectivity index is 1.37. The van der Waals surface area contributed by atoms with Gasteiger partial charge in [0.2, 0.25) is 0 Å². The van der Waals surface area contributed by atoms with Crippen LogP contribution in [0.2, 0.25) is 0 Å². The number of pyridine rings is 1. The third-order valence-electron chi connectivity index (χ3n) is 9.02. The lowest BCUT2D eigenvalue weighted by Crippen LogP contribution is -2.43. The molecule has 3 atom stereocenters. The molecule has 0 radical (unpaired) electrons. The van der Waals surface area contributed by atoms with Crippen molar-refractivity contribution in [3.8, 4) is 23.0 Å². The summed E-state index contributed by atoms with van der Waals surface area (Å²) in [6, 6.07) is 5.61. The Labute approximate surface area is 265 Å². The number of phenolic OH excluding ortho intramolecular Hbond substituents is 1. The smallest absolute Gasteiger partial charge is 0.319 e. The van der Waals surface area contributed by atoms with Crippen molar-refractivity contribution < 1.29 is 32.9 Å². The van der Waals surface area contributed by atoms with Gasteiger partial charge in [-0.25, -0.2) is 13.2 Å². The van der Waals surface area contributed by atoms with Gasteiger partial charge in [0.05, 0.1) is 27.7 Å². The molecule has 0 aliphatic carbocycles. The van der Waals surface area contributed by atoms with Crippen LogP contribution in [0.25, 0.3) is 32.9 Å². The molecular weight excluding hydrogens is 690 g/mol. The third kappa shape index (κ3) is 5.20. The SMILES string of the molecule is OCC1COCCN(c2nc(OC[C@@]34CCCN3C[C@H](F)C4)nc3c(F)c(-c4cc(O)cc5ccc(F)c(I)c45)ncc23)C1. The number of aromatic nitrogens is 3. The number of anilines is 1. The van der Waals surface area contributed by atoms with Gasteiger partial charge >= 0.3 is 6.01 Å². The van der Waals surface area contributed by atoms with Gasteiger partial charge < -0.3 is 24.6 Å². The summed E-state index contributed by atoms with van der Waals surface area (Å²) in [5, 5.41) is 21.6. The molecule has 3 aliphatic heterocycles. The number of aliphatic hydroxyl groups is 1. The predicted octanol–water partition coefficient (Wildman–Crippen LogP) is 4.83. The van der Waals surface area contributed by atoms with E-state index in [1.165, 1.54) is 30.5 Å². The highest BCUT2D eigenvalue weighted by Gasteiger charge is 2.49. The normalized spacial score (nSPS) is 24.2. The first-order valence-corrected chi connectivity index (χ1v) is 15.8. The van der Waals surface area contributed by atoms with Gasteiger partial charge in [0.1, 0.15) is 41.4 Å². The summed E-state index contributed by atoms with van der Waals surface area (Å²) in [4.78, 5) is 17.7. The zero-order valence-electron chi connectivity index (χ0n) is 23.8. The van der Waals surface area contributed by atoms with Crippen LogP contribution in [0.3, 0.4) is 0 Å². The lowest BCUT2D eigenvalue weighted by atomic mass is 9.95. The Kier molecular flexibility index (Phi) is 7.91. The minimum absolute atomic E-state index is 0.0563. The summed E-state index contributed by atoms with van der Waals surface area (Å²) >= 11 is 1.87. The number of phenols is 1. The Morgan fingerprint density at radius 3 is 2.86 bits per heavy atom. The minimum Gasteiger partial charge on any atom is -0.508 e. The van der Waals surface area contributed by atoms with Gasteiger partial charge in [0, 0.05) is 55.7 Å². The first kappa shape index (κ1) is 29.7. The molecular formula is C31H31F3IN5O4. The number of halogens is 4. The number of rotatable bonds is 6. The van der Waals surface area contributed by atoms with Crippen LogP contribution in [0.5, 0.6) is 11.8 Å². The molecule has 3 fully saturated rings. The summed E-state index contributed by atoms with van der Waals surface area (Å²) in [7, 11) is 0. The zero-order valence-corrected chi connectivity index (χ0v) is 25.9. The topological polar surface area (TPSA) is 104 Å². The lowest BCUT2D eigenvalue weighted by Gasteiger charge is -2.31. The fourth-order valence-electron chi connectivity index (χ4n) is 6.91. The Morgan fingerprint density at radius 2 is 2.02 bits per heavy atom. The van der Waals surface area contributed by atoms with Crippen LogP contribution in [0.1, 0.15) is 19.3 Å². The summed E-state index contributed by atoms with van der Waals surface area (Å²) < 4.78 is 57.9. The van der Waals surface area contributed by atoms with E-state index in [-0.39, 0.29) is 51.2 Å². The number of ether oxygens (including phenoxy) is 2. The minimum atomic E-state index is -0.935. The number of alkyl halides is 1. The highest BCUT2D eigenvalue weighted by atomic mass is 127. The first-order chi connectivity index (χ1) is 21.3. The van der Waals surface area contributed by atoms with Gasteiger partial charge in [-0.05, 0) is 65.6 Å². The molecule has 44 heavy (non-hydrogen) atoms. The van der Waals surface area contributed by atoms with Crippen molar-refractivity contribution >= 4 is 50.1 Å². The Bertz CT molecular complexity index is 1750. The fourth-order valence-corrected chi connectivity index (χ4v) is 7.70. The van der Waals surface area contributed by atoms with E-state index in [0.29, 0.717) is 61.2 Å². The molecule has 2 aromatic carbocycles. The molecule has 0 amide bonds. The van der Waals surface area contributed by atoms with E-state index in [4.69, 9.17) is 14.5 Å². The maximum Gasteiger partial charge on any atom is 0.319 e. The van der Waals surface area contributed by atoms with Crippen molar-refractivity contribution in [2.45, 2.75) is 31.0 Å². The molecule has 4 aromatic rings. The van der Waals surface area contributed by atoms with Crippen molar-refractivity contribution in [2.75, 3.05) is 57.5 Å². The Hall–Kier alpha value is -3.01. The first-order valence-electron chi connectivity index (χ1n) is 14.7. The molecule has 0 spiro atoms. The number of nitrogens with zero attached hydrogens (tertiary/aromatic N) is 5. The second kappa shape index (κ2) is 11.7. The quantitative estimate of drug-likeness (QED) is 0.271. The molecule has 5 heterocycles. The van der Waals surface area contributed by atoms with E-state index in [9.17, 15) is 19.0 Å². The van der Waals surface area contributed by atoms with Gasteiger partial charge in [-0.15, -0.1) is 0 Å². The van der Waals surface area contributed by atoms with Crippen LogP contribution in [0.4, 0.5) is 19.0 Å². The summed E-state index contributed by atoms with van der Waals surface area (Å²) in [6.07, 6.45) is 2.62. The number of fused-ring (bicyclic) bond motifs is 3. The third-order valence-corrected chi connectivity index (χ3v) is 10.1. The molecule has 232 valence electrons. The van der Waals surface area contributed by atoms with Crippen LogP contribution >= 0.6 is 22.6 Å². The highest BCUT2D eigenvalue weighted by molar-refractivity contribution is 14.1. The monoisotopic (exact) mass is 721 g/mol. The van der Waals surface area contributed by atoms with Gasteiger partial charge in [0.15, 0.2) is 5.82 Å². The number of aliphatic hydroxyl groups excluding tert-OH is 1. The van der Waals surface area contributed by atoms with Crippen LogP contribution in [-0.2, 0) is 4.74 Å². The zero-order chi connectivity index (χ0) is 30.6. The van der Waals surface area contributed by atoms with Gasteiger partial charge in [-0.2, -0.15) is 9.97 Å². The number of hydrogen-bond donors (Lipinski definition) is 2. The summed E-state index contributed by atoms with van der Waals surface area (Å²) in [6.45, 7) is 2.81. The summed E-state index contributed by atoms with van der Waals surface area (Å²) in [5.41, 5.74) is -0.407. The number of aromatic hydroxyl groups is 1. The molecule has 1 unspecified atom stereocenters. The maximum absolute atomic E-state index is 16.7. The second-order valence-electron chi connectivity index (χ2n) is 11.9. The molecule has 2 N–H and O–H groups in total.